The van der Waals surface area contributed by atoms with Crippen LogP contribution in [0.15, 0.2) is 48.5 Å². The van der Waals surface area contributed by atoms with Crippen molar-refractivity contribution in [3.63, 3.8) is 0 Å². The number of alkyl carbamates (subject to hydrolysis) is 1. The van der Waals surface area contributed by atoms with Crippen molar-refractivity contribution in [3.05, 3.63) is 59.7 Å². The number of carbonyl (C=O) groups is 3. The van der Waals surface area contributed by atoms with Crippen LogP contribution >= 0.6 is 0 Å². The Labute approximate surface area is 200 Å². The van der Waals surface area contributed by atoms with Crippen molar-refractivity contribution in [1.29, 1.82) is 0 Å². The molecule has 0 radical (unpaired) electrons. The van der Waals surface area contributed by atoms with Crippen LogP contribution in [-0.2, 0) is 14.3 Å². The molecule has 0 heterocycles. The fourth-order valence-electron chi connectivity index (χ4n) is 4.32. The lowest BCUT2D eigenvalue weighted by Gasteiger charge is -2.25. The van der Waals surface area contributed by atoms with E-state index in [1.54, 1.807) is 19.0 Å². The maximum absolute atomic E-state index is 12.9. The van der Waals surface area contributed by atoms with Crippen LogP contribution in [-0.4, -0.2) is 67.3 Å². The van der Waals surface area contributed by atoms with Crippen molar-refractivity contribution in [2.75, 3.05) is 27.2 Å². The zero-order chi connectivity index (χ0) is 24.7. The Kier molecular flexibility index (Phi) is 8.65. The maximum atomic E-state index is 12.9. The van der Waals surface area contributed by atoms with Crippen LogP contribution in [0, 0.1) is 0 Å². The van der Waals surface area contributed by atoms with Gasteiger partial charge in [-0.1, -0.05) is 55.5 Å². The van der Waals surface area contributed by atoms with Crippen molar-refractivity contribution in [2.45, 2.75) is 44.2 Å². The Morgan fingerprint density at radius 3 is 2.12 bits per heavy atom. The topological polar surface area (TPSA) is 108 Å². The SMILES string of the molecule is CCC(CCC(=O)O)NC(=O)[C@H](CN(C)C)NC(=O)OCC1c2ccccc2-c2ccccc21. The molecule has 1 aliphatic rings. The van der Waals surface area contributed by atoms with Gasteiger partial charge in [-0.15, -0.1) is 0 Å². The summed E-state index contributed by atoms with van der Waals surface area (Å²) in [6, 6.07) is 15.1. The number of ether oxygens (including phenoxy) is 1. The summed E-state index contributed by atoms with van der Waals surface area (Å²) >= 11 is 0. The molecule has 0 bridgehead atoms. The van der Waals surface area contributed by atoms with E-state index >= 15 is 0 Å². The van der Waals surface area contributed by atoms with Gasteiger partial charge in [0.05, 0.1) is 0 Å². The third-order valence-electron chi connectivity index (χ3n) is 6.05. The molecule has 0 saturated heterocycles. The third kappa shape index (κ3) is 6.35. The molecular formula is C26H33N3O5. The highest BCUT2D eigenvalue weighted by molar-refractivity contribution is 5.86. The zero-order valence-corrected chi connectivity index (χ0v) is 19.9. The van der Waals surface area contributed by atoms with E-state index < -0.39 is 18.1 Å². The first-order chi connectivity index (χ1) is 16.3. The standard InChI is InChI=1S/C26H33N3O5/c1-4-17(13-14-24(30)31)27-25(32)23(15-29(2)3)28-26(33)34-16-22-20-11-7-5-9-18(20)19-10-6-8-12-21(19)22/h5-12,17,22-23H,4,13-16H2,1-3H3,(H,27,32)(H,28,33)(H,30,31)/t17?,23-/m0/s1. The predicted octanol–water partition coefficient (Wildman–Crippen LogP) is 3.21. The quantitative estimate of drug-likeness (QED) is 0.468. The molecule has 34 heavy (non-hydrogen) atoms. The average Bonchev–Trinajstić information content (AvgIpc) is 3.13. The number of nitrogens with one attached hydrogen (secondary N) is 2. The van der Waals surface area contributed by atoms with Crippen molar-refractivity contribution >= 4 is 18.0 Å². The van der Waals surface area contributed by atoms with Crippen molar-refractivity contribution in [3.8, 4) is 11.1 Å². The maximum Gasteiger partial charge on any atom is 0.407 e. The second kappa shape index (κ2) is 11.7. The van der Waals surface area contributed by atoms with E-state index in [-0.39, 0.29) is 37.4 Å². The molecule has 3 rings (SSSR count). The van der Waals surface area contributed by atoms with Crippen LogP contribution in [0.1, 0.15) is 43.2 Å². The first-order valence-electron chi connectivity index (χ1n) is 11.6. The lowest BCUT2D eigenvalue weighted by atomic mass is 9.98. The summed E-state index contributed by atoms with van der Waals surface area (Å²) in [6.45, 7) is 2.32. The molecule has 8 nitrogen and oxygen atoms in total. The molecule has 1 unspecified atom stereocenters. The number of carbonyl (C=O) groups excluding carboxylic acids is 2. The summed E-state index contributed by atoms with van der Waals surface area (Å²) in [5.41, 5.74) is 4.51. The molecule has 0 aliphatic heterocycles. The summed E-state index contributed by atoms with van der Waals surface area (Å²) in [5, 5.41) is 14.5. The van der Waals surface area contributed by atoms with Gasteiger partial charge in [-0.25, -0.2) is 4.79 Å². The summed E-state index contributed by atoms with van der Waals surface area (Å²) in [4.78, 5) is 38.2. The number of nitrogens with zero attached hydrogens (tertiary/aromatic N) is 1. The Balaban J connectivity index is 1.63. The number of carboxylic acids is 1. The molecule has 2 amide bonds. The van der Waals surface area contributed by atoms with Gasteiger partial charge in [0, 0.05) is 24.9 Å². The summed E-state index contributed by atoms with van der Waals surface area (Å²) in [5.74, 6) is -1.34. The number of amides is 2. The van der Waals surface area contributed by atoms with Crippen LogP contribution in [0.3, 0.4) is 0 Å². The lowest BCUT2D eigenvalue weighted by Crippen LogP contribution is -2.53. The number of hydrogen-bond donors (Lipinski definition) is 3. The molecule has 0 aromatic heterocycles. The molecule has 2 atom stereocenters. The van der Waals surface area contributed by atoms with Gasteiger partial charge in [-0.2, -0.15) is 0 Å². The molecule has 3 N–H and O–H groups in total. The van der Waals surface area contributed by atoms with E-state index in [2.05, 4.69) is 22.8 Å². The Hall–Kier alpha value is -3.39. The van der Waals surface area contributed by atoms with Crippen LogP contribution in [0.2, 0.25) is 0 Å². The minimum atomic E-state index is -0.908. The smallest absolute Gasteiger partial charge is 0.407 e. The molecule has 8 heteroatoms. The Bertz CT molecular complexity index is 978. The van der Waals surface area contributed by atoms with E-state index in [9.17, 15) is 14.4 Å². The molecule has 0 saturated carbocycles. The normalized spacial score (nSPS) is 14.1. The first kappa shape index (κ1) is 25.2. The van der Waals surface area contributed by atoms with Gasteiger partial charge in [0.25, 0.3) is 0 Å². The number of hydrogen-bond acceptors (Lipinski definition) is 5. The predicted molar refractivity (Wildman–Crippen MR) is 130 cm³/mol. The molecule has 2 aromatic carbocycles. The minimum Gasteiger partial charge on any atom is -0.481 e. The number of benzene rings is 2. The Morgan fingerprint density at radius 2 is 1.59 bits per heavy atom. The second-order valence-corrected chi connectivity index (χ2v) is 8.83. The summed E-state index contributed by atoms with van der Waals surface area (Å²) in [6.07, 6.45) is 0.231. The van der Waals surface area contributed by atoms with Gasteiger partial charge in [0.15, 0.2) is 0 Å². The van der Waals surface area contributed by atoms with Gasteiger partial charge in [0.2, 0.25) is 5.91 Å². The van der Waals surface area contributed by atoms with E-state index in [0.717, 1.165) is 22.3 Å². The monoisotopic (exact) mass is 467 g/mol. The van der Waals surface area contributed by atoms with Crippen LogP contribution < -0.4 is 10.6 Å². The van der Waals surface area contributed by atoms with E-state index in [1.807, 2.05) is 43.3 Å². The highest BCUT2D eigenvalue weighted by Crippen LogP contribution is 2.44. The molecular weight excluding hydrogens is 434 g/mol. The number of aliphatic carboxylic acids is 1. The lowest BCUT2D eigenvalue weighted by molar-refractivity contribution is -0.137. The van der Waals surface area contributed by atoms with Crippen molar-refractivity contribution < 1.29 is 24.2 Å². The highest BCUT2D eigenvalue weighted by atomic mass is 16.5. The molecule has 2 aromatic rings. The van der Waals surface area contributed by atoms with E-state index in [4.69, 9.17) is 9.84 Å². The average molecular weight is 468 g/mol. The van der Waals surface area contributed by atoms with E-state index in [0.29, 0.717) is 12.8 Å². The number of carboxylic acid groups (broad SMARTS) is 1. The minimum absolute atomic E-state index is 0.0308. The van der Waals surface area contributed by atoms with Gasteiger partial charge < -0.3 is 25.4 Å². The van der Waals surface area contributed by atoms with Crippen molar-refractivity contribution in [2.24, 2.45) is 0 Å². The van der Waals surface area contributed by atoms with E-state index in [1.165, 1.54) is 0 Å². The number of fused-ring (bicyclic) bond motifs is 3. The van der Waals surface area contributed by atoms with Crippen LogP contribution in [0.25, 0.3) is 11.1 Å². The fourth-order valence-corrected chi connectivity index (χ4v) is 4.32. The molecule has 182 valence electrons. The second-order valence-electron chi connectivity index (χ2n) is 8.83. The van der Waals surface area contributed by atoms with Gasteiger partial charge in [-0.3, -0.25) is 9.59 Å². The number of rotatable bonds is 11. The summed E-state index contributed by atoms with van der Waals surface area (Å²) < 4.78 is 5.59. The highest BCUT2D eigenvalue weighted by Gasteiger charge is 2.30. The van der Waals surface area contributed by atoms with Gasteiger partial charge in [-0.05, 0) is 49.2 Å². The molecule has 0 spiro atoms. The van der Waals surface area contributed by atoms with Crippen molar-refractivity contribution in [1.82, 2.24) is 15.5 Å². The zero-order valence-electron chi connectivity index (χ0n) is 19.9. The third-order valence-corrected chi connectivity index (χ3v) is 6.05. The van der Waals surface area contributed by atoms with Gasteiger partial charge >= 0.3 is 12.1 Å². The first-order valence-corrected chi connectivity index (χ1v) is 11.6. The van der Waals surface area contributed by atoms with Crippen LogP contribution in [0.5, 0.6) is 0 Å². The largest absolute Gasteiger partial charge is 0.481 e. The summed E-state index contributed by atoms with van der Waals surface area (Å²) in [7, 11) is 3.61. The van der Waals surface area contributed by atoms with Gasteiger partial charge in [0.1, 0.15) is 12.6 Å². The van der Waals surface area contributed by atoms with Crippen LogP contribution in [0.4, 0.5) is 4.79 Å². The number of likely N-dealkylation sites (N-methyl/N-ethyl adjacent to an activating group) is 1. The molecule has 1 aliphatic carbocycles. The molecule has 0 fully saturated rings. The Morgan fingerprint density at radius 1 is 1.00 bits per heavy atom. The fraction of sp³-hybridized carbons (Fsp3) is 0.423.